The highest BCUT2D eigenvalue weighted by Gasteiger charge is 2.60. The number of fused-ring (bicyclic) bond motifs is 5. The van der Waals surface area contributed by atoms with E-state index >= 15 is 0 Å². The van der Waals surface area contributed by atoms with Gasteiger partial charge in [0.2, 0.25) is 0 Å². The summed E-state index contributed by atoms with van der Waals surface area (Å²) in [5, 5.41) is 10.4. The number of hydrogen-bond donors (Lipinski definition) is 1. The first-order chi connectivity index (χ1) is 13.8. The van der Waals surface area contributed by atoms with Crippen LogP contribution in [0.5, 0.6) is 0 Å². The molecule has 9 atom stereocenters. The van der Waals surface area contributed by atoms with Crippen molar-refractivity contribution in [2.75, 3.05) is 0 Å². The summed E-state index contributed by atoms with van der Waals surface area (Å²) in [5.41, 5.74) is 1.13. The van der Waals surface area contributed by atoms with Crippen LogP contribution in [0, 0.1) is 52.3 Å². The predicted octanol–water partition coefficient (Wildman–Crippen LogP) is 7.86. The molecule has 1 N–H and O–H groups in total. The van der Waals surface area contributed by atoms with Crippen LogP contribution in [0.2, 0.25) is 0 Å². The normalized spacial score (nSPS) is 48.5. The minimum absolute atomic E-state index is 0.0187. The van der Waals surface area contributed by atoms with Crippen LogP contribution in [0.25, 0.3) is 0 Å². The van der Waals surface area contributed by atoms with Gasteiger partial charge < -0.3 is 5.11 Å². The smallest absolute Gasteiger partial charge is 0.0543 e. The van der Waals surface area contributed by atoms with Crippen LogP contribution < -0.4 is 0 Å². The molecule has 0 amide bonds. The number of rotatable bonds is 5. The zero-order chi connectivity index (χ0) is 20.8. The summed E-state index contributed by atoms with van der Waals surface area (Å²) in [4.78, 5) is 0. The Morgan fingerprint density at radius 2 is 1.59 bits per heavy atom. The minimum atomic E-state index is -0.0187. The molecule has 0 aromatic carbocycles. The fourth-order valence-corrected chi connectivity index (χ4v) is 9.50. The third kappa shape index (κ3) is 3.96. The van der Waals surface area contributed by atoms with Gasteiger partial charge in [0, 0.05) is 0 Å². The fourth-order valence-electron chi connectivity index (χ4n) is 9.50. The van der Waals surface area contributed by atoms with Gasteiger partial charge in [-0.1, -0.05) is 60.3 Å². The Morgan fingerprint density at radius 1 is 0.828 bits per heavy atom. The maximum Gasteiger partial charge on any atom is 0.0543 e. The van der Waals surface area contributed by atoms with E-state index in [4.69, 9.17) is 0 Å². The fraction of sp³-hybridized carbons (Fsp3) is 1.00. The predicted molar refractivity (Wildman–Crippen MR) is 124 cm³/mol. The van der Waals surface area contributed by atoms with Crippen LogP contribution in [-0.2, 0) is 0 Å². The second kappa shape index (κ2) is 8.48. The summed E-state index contributed by atoms with van der Waals surface area (Å²) in [5.74, 6) is 6.46. The van der Waals surface area contributed by atoms with E-state index in [9.17, 15) is 5.11 Å². The van der Waals surface area contributed by atoms with Crippen molar-refractivity contribution in [2.45, 2.75) is 124 Å². The second-order valence-corrected chi connectivity index (χ2v) is 13.0. The van der Waals surface area contributed by atoms with E-state index in [0.29, 0.717) is 10.8 Å². The van der Waals surface area contributed by atoms with E-state index in [1.807, 2.05) is 0 Å². The van der Waals surface area contributed by atoms with Crippen LogP contribution in [0.1, 0.15) is 118 Å². The molecule has 0 aliphatic heterocycles. The lowest BCUT2D eigenvalue weighted by atomic mass is 9.46. The molecule has 0 heterocycles. The summed E-state index contributed by atoms with van der Waals surface area (Å²) in [6.07, 6.45) is 17.9. The summed E-state index contributed by atoms with van der Waals surface area (Å²) in [6.45, 7) is 12.7. The third-order valence-corrected chi connectivity index (χ3v) is 11.1. The van der Waals surface area contributed by atoms with Crippen LogP contribution in [0.15, 0.2) is 0 Å². The van der Waals surface area contributed by atoms with Crippen molar-refractivity contribution in [2.24, 2.45) is 52.3 Å². The average molecular weight is 403 g/mol. The summed E-state index contributed by atoms with van der Waals surface area (Å²) in [7, 11) is 0. The van der Waals surface area contributed by atoms with Crippen LogP contribution in [0.3, 0.4) is 0 Å². The molecule has 0 spiro atoms. The summed E-state index contributed by atoms with van der Waals surface area (Å²) >= 11 is 0. The van der Waals surface area contributed by atoms with Gasteiger partial charge in [-0.15, -0.1) is 0 Å². The van der Waals surface area contributed by atoms with Gasteiger partial charge in [-0.2, -0.15) is 0 Å². The first kappa shape index (κ1) is 22.2. The average Bonchev–Trinajstić information content (AvgIpc) is 2.92. The lowest BCUT2D eigenvalue weighted by Crippen LogP contribution is -2.52. The molecule has 29 heavy (non-hydrogen) atoms. The second-order valence-electron chi connectivity index (χ2n) is 13.0. The lowest BCUT2D eigenvalue weighted by Gasteiger charge is -2.59. The Hall–Kier alpha value is -0.0400. The molecule has 4 saturated carbocycles. The van der Waals surface area contributed by atoms with Crippen LogP contribution in [0.4, 0.5) is 0 Å². The molecule has 1 heteroatoms. The number of aliphatic hydroxyl groups is 1. The van der Waals surface area contributed by atoms with E-state index in [2.05, 4.69) is 34.6 Å². The van der Waals surface area contributed by atoms with Gasteiger partial charge in [-0.25, -0.2) is 0 Å². The van der Waals surface area contributed by atoms with Gasteiger partial charge in [-0.05, 0) is 110 Å². The standard InChI is InChI=1S/C28H50O/c1-19(2)8-6-9-20(3)24-13-14-25-23-12-11-21-18-22(29)10-7-16-27(21,4)26(23)15-17-28(24,25)5/h19-26,29H,6-18H2,1-5H3/t20-,21+,22-,23+,24+,25-,26-,27+,28-/m1/s1. The third-order valence-electron chi connectivity index (χ3n) is 11.1. The first-order valence-corrected chi connectivity index (χ1v) is 13.4. The lowest BCUT2D eigenvalue weighted by molar-refractivity contribution is -0.106. The molecule has 4 aliphatic carbocycles. The van der Waals surface area contributed by atoms with Crippen molar-refractivity contribution in [1.29, 1.82) is 0 Å². The molecule has 1 nitrogen and oxygen atoms in total. The van der Waals surface area contributed by atoms with E-state index in [0.717, 1.165) is 54.3 Å². The molecule has 168 valence electrons. The van der Waals surface area contributed by atoms with Crippen molar-refractivity contribution in [3.8, 4) is 0 Å². The quantitative estimate of drug-likeness (QED) is 0.496. The largest absolute Gasteiger partial charge is 0.393 e. The van der Waals surface area contributed by atoms with Crippen LogP contribution >= 0.6 is 0 Å². The Kier molecular flexibility index (Phi) is 6.48. The molecule has 0 aromatic heterocycles. The van der Waals surface area contributed by atoms with Crippen molar-refractivity contribution < 1.29 is 5.11 Å². The van der Waals surface area contributed by atoms with Gasteiger partial charge in [0.05, 0.1) is 6.10 Å². The molecule has 4 aliphatic rings. The van der Waals surface area contributed by atoms with Crippen molar-refractivity contribution in [3.63, 3.8) is 0 Å². The van der Waals surface area contributed by atoms with Gasteiger partial charge in [-0.3, -0.25) is 0 Å². The Balaban J connectivity index is 1.47. The Morgan fingerprint density at radius 3 is 2.34 bits per heavy atom. The summed E-state index contributed by atoms with van der Waals surface area (Å²) < 4.78 is 0. The van der Waals surface area contributed by atoms with Gasteiger partial charge in [0.25, 0.3) is 0 Å². The van der Waals surface area contributed by atoms with E-state index in [1.165, 1.54) is 70.6 Å². The van der Waals surface area contributed by atoms with E-state index in [-0.39, 0.29) is 6.10 Å². The highest BCUT2D eigenvalue weighted by molar-refractivity contribution is 5.09. The molecule has 0 aromatic rings. The van der Waals surface area contributed by atoms with Gasteiger partial charge >= 0.3 is 0 Å². The molecular formula is C28H50O. The molecule has 4 fully saturated rings. The first-order valence-electron chi connectivity index (χ1n) is 13.4. The monoisotopic (exact) mass is 402 g/mol. The molecule has 0 saturated heterocycles. The van der Waals surface area contributed by atoms with Gasteiger partial charge in [0.1, 0.15) is 0 Å². The Bertz CT molecular complexity index is 555. The summed E-state index contributed by atoms with van der Waals surface area (Å²) in [6, 6.07) is 0. The molecule has 0 unspecified atom stereocenters. The number of aliphatic hydroxyl groups excluding tert-OH is 1. The van der Waals surface area contributed by atoms with E-state index < -0.39 is 0 Å². The van der Waals surface area contributed by atoms with Crippen molar-refractivity contribution in [1.82, 2.24) is 0 Å². The zero-order valence-electron chi connectivity index (χ0n) is 20.3. The number of hydrogen-bond acceptors (Lipinski definition) is 1. The molecule has 4 rings (SSSR count). The Labute approximate surface area is 181 Å². The zero-order valence-corrected chi connectivity index (χ0v) is 20.3. The topological polar surface area (TPSA) is 20.2 Å². The SMILES string of the molecule is CC(C)CCC[C@@H](C)[C@@H]1CC[C@@H]2[C@@H]3CC[C@H]4C[C@H](O)CCC[C@]4(C)[C@@H]3CC[C@@]21C. The van der Waals surface area contributed by atoms with E-state index in [1.54, 1.807) is 0 Å². The molecule has 0 radical (unpaired) electrons. The van der Waals surface area contributed by atoms with Crippen molar-refractivity contribution >= 4 is 0 Å². The maximum atomic E-state index is 10.4. The molecule has 0 bridgehead atoms. The highest BCUT2D eigenvalue weighted by Crippen LogP contribution is 2.68. The van der Waals surface area contributed by atoms with Crippen LogP contribution in [-0.4, -0.2) is 11.2 Å². The maximum absolute atomic E-state index is 10.4. The highest BCUT2D eigenvalue weighted by atomic mass is 16.3. The molecular weight excluding hydrogens is 352 g/mol. The van der Waals surface area contributed by atoms with Gasteiger partial charge in [0.15, 0.2) is 0 Å². The minimum Gasteiger partial charge on any atom is -0.393 e. The van der Waals surface area contributed by atoms with Crippen molar-refractivity contribution in [3.05, 3.63) is 0 Å².